The maximum absolute atomic E-state index is 11.0. The molecule has 15 heavy (non-hydrogen) atoms. The molecular formula is C10H15N3O2. The summed E-state index contributed by atoms with van der Waals surface area (Å²) in [5.41, 5.74) is -0.985. The van der Waals surface area contributed by atoms with Gasteiger partial charge in [0.2, 0.25) is 0 Å². The number of nitrogens with one attached hydrogen (secondary N) is 1. The van der Waals surface area contributed by atoms with Crippen LogP contribution in [0.25, 0.3) is 0 Å². The Labute approximate surface area is 88.6 Å². The minimum absolute atomic E-state index is 0.478. The number of anilines is 1. The number of carbonyl (C=O) groups is 1. The summed E-state index contributed by atoms with van der Waals surface area (Å²) in [7, 11) is 0. The van der Waals surface area contributed by atoms with Crippen molar-refractivity contribution in [2.24, 2.45) is 0 Å². The van der Waals surface area contributed by atoms with E-state index in [1.165, 1.54) is 0 Å². The fourth-order valence-electron chi connectivity index (χ4n) is 1.10. The van der Waals surface area contributed by atoms with Crippen LogP contribution >= 0.6 is 0 Å². The van der Waals surface area contributed by atoms with Crippen molar-refractivity contribution in [3.05, 3.63) is 18.1 Å². The second-order valence-electron chi connectivity index (χ2n) is 3.60. The first-order valence-electron chi connectivity index (χ1n) is 4.79. The van der Waals surface area contributed by atoms with Gasteiger partial charge in [-0.1, -0.05) is 6.92 Å². The molecule has 82 valence electrons. The van der Waals surface area contributed by atoms with Crippen molar-refractivity contribution >= 4 is 11.8 Å². The third-order valence-corrected chi connectivity index (χ3v) is 2.36. The van der Waals surface area contributed by atoms with Gasteiger partial charge in [-0.15, -0.1) is 0 Å². The van der Waals surface area contributed by atoms with E-state index in [9.17, 15) is 4.79 Å². The molecule has 0 bridgehead atoms. The van der Waals surface area contributed by atoms with Gasteiger partial charge in [0.05, 0.1) is 0 Å². The van der Waals surface area contributed by atoms with E-state index >= 15 is 0 Å². The molecule has 5 nitrogen and oxygen atoms in total. The zero-order chi connectivity index (χ0) is 11.5. The maximum Gasteiger partial charge on any atom is 0.329 e. The Balaban J connectivity index is 2.89. The van der Waals surface area contributed by atoms with Crippen molar-refractivity contribution in [1.82, 2.24) is 9.97 Å². The average molecular weight is 209 g/mol. The van der Waals surface area contributed by atoms with Crippen LogP contribution in [0.1, 0.15) is 26.1 Å². The van der Waals surface area contributed by atoms with Gasteiger partial charge in [-0.2, -0.15) is 0 Å². The Morgan fingerprint density at radius 3 is 2.80 bits per heavy atom. The molecule has 0 aromatic carbocycles. The molecule has 0 spiro atoms. The Bertz CT molecular complexity index is 367. The van der Waals surface area contributed by atoms with Crippen molar-refractivity contribution in [2.75, 3.05) is 5.32 Å². The number of aromatic nitrogens is 2. The highest BCUT2D eigenvalue weighted by atomic mass is 16.4. The van der Waals surface area contributed by atoms with Crippen LogP contribution in [0.2, 0.25) is 0 Å². The molecule has 0 saturated carbocycles. The molecule has 1 aromatic rings. The fraction of sp³-hybridized carbons (Fsp3) is 0.500. The third-order valence-electron chi connectivity index (χ3n) is 2.36. The quantitative estimate of drug-likeness (QED) is 0.785. The highest BCUT2D eigenvalue weighted by Crippen LogP contribution is 2.16. The molecule has 0 aliphatic carbocycles. The van der Waals surface area contributed by atoms with E-state index in [1.54, 1.807) is 26.1 Å². The lowest BCUT2D eigenvalue weighted by molar-refractivity contribution is -0.141. The molecule has 0 amide bonds. The monoisotopic (exact) mass is 209 g/mol. The summed E-state index contributed by atoms with van der Waals surface area (Å²) < 4.78 is 0. The fourth-order valence-corrected chi connectivity index (χ4v) is 1.10. The van der Waals surface area contributed by atoms with Crippen LogP contribution in [-0.2, 0) is 4.79 Å². The maximum atomic E-state index is 11.0. The number of carboxylic acid groups (broad SMARTS) is 1. The second-order valence-corrected chi connectivity index (χ2v) is 3.60. The number of hydrogen-bond donors (Lipinski definition) is 2. The molecule has 2 N–H and O–H groups in total. The molecule has 1 aromatic heterocycles. The summed E-state index contributed by atoms with van der Waals surface area (Å²) in [6, 6.07) is 1.66. The summed E-state index contributed by atoms with van der Waals surface area (Å²) in [4.78, 5) is 19.1. The standard InChI is InChI=1S/C10H15N3O2/c1-4-10(3,9(14)15)13-8-5-6-11-7(2)12-8/h5-6H,4H2,1-3H3,(H,14,15)(H,11,12,13)/t10-/m1/s1. The molecule has 0 aliphatic rings. The van der Waals surface area contributed by atoms with Gasteiger partial charge in [0.25, 0.3) is 0 Å². The molecule has 0 aliphatic heterocycles. The Hall–Kier alpha value is -1.65. The molecule has 1 rings (SSSR count). The van der Waals surface area contributed by atoms with E-state index in [-0.39, 0.29) is 0 Å². The van der Waals surface area contributed by atoms with Gasteiger partial charge in [-0.25, -0.2) is 14.8 Å². The highest BCUT2D eigenvalue weighted by Gasteiger charge is 2.31. The van der Waals surface area contributed by atoms with Crippen LogP contribution in [0.5, 0.6) is 0 Å². The average Bonchev–Trinajstić information content (AvgIpc) is 2.17. The van der Waals surface area contributed by atoms with Gasteiger partial charge in [0.15, 0.2) is 0 Å². The summed E-state index contributed by atoms with van der Waals surface area (Å²) in [5.74, 6) is 0.263. The van der Waals surface area contributed by atoms with Crippen LogP contribution in [0, 0.1) is 6.92 Å². The first-order chi connectivity index (χ1) is 6.98. The smallest absolute Gasteiger partial charge is 0.329 e. The van der Waals surface area contributed by atoms with Crippen LogP contribution in [-0.4, -0.2) is 26.6 Å². The van der Waals surface area contributed by atoms with Crippen molar-refractivity contribution in [1.29, 1.82) is 0 Å². The van der Waals surface area contributed by atoms with Crippen LogP contribution in [0.4, 0.5) is 5.82 Å². The summed E-state index contributed by atoms with van der Waals surface area (Å²) >= 11 is 0. The van der Waals surface area contributed by atoms with Crippen molar-refractivity contribution in [3.63, 3.8) is 0 Å². The normalized spacial score (nSPS) is 14.3. The van der Waals surface area contributed by atoms with Crippen LogP contribution in [0.15, 0.2) is 12.3 Å². The van der Waals surface area contributed by atoms with E-state index in [0.717, 1.165) is 0 Å². The Morgan fingerprint density at radius 2 is 2.33 bits per heavy atom. The van der Waals surface area contributed by atoms with E-state index in [1.807, 2.05) is 6.92 Å². The SMILES string of the molecule is CC[C@@](C)(Nc1ccnc(C)n1)C(=O)O. The lowest BCUT2D eigenvalue weighted by atomic mass is 9.99. The van der Waals surface area contributed by atoms with Gasteiger partial charge in [-0.05, 0) is 26.3 Å². The van der Waals surface area contributed by atoms with E-state index < -0.39 is 11.5 Å². The third kappa shape index (κ3) is 2.65. The predicted molar refractivity (Wildman–Crippen MR) is 56.7 cm³/mol. The molecule has 0 radical (unpaired) electrons. The topological polar surface area (TPSA) is 75.1 Å². The number of nitrogens with zero attached hydrogens (tertiary/aromatic N) is 2. The van der Waals surface area contributed by atoms with E-state index in [2.05, 4.69) is 15.3 Å². The first kappa shape index (κ1) is 11.4. The van der Waals surface area contributed by atoms with E-state index in [4.69, 9.17) is 5.11 Å². The molecular weight excluding hydrogens is 194 g/mol. The van der Waals surface area contributed by atoms with Crippen molar-refractivity contribution < 1.29 is 9.90 Å². The lowest BCUT2D eigenvalue weighted by Gasteiger charge is -2.25. The Kier molecular flexibility index (Phi) is 3.24. The summed E-state index contributed by atoms with van der Waals surface area (Å²) in [5, 5.41) is 12.0. The summed E-state index contributed by atoms with van der Waals surface area (Å²) in [6.07, 6.45) is 2.08. The number of carboxylic acids is 1. The number of hydrogen-bond acceptors (Lipinski definition) is 4. The van der Waals surface area contributed by atoms with Crippen LogP contribution in [0.3, 0.4) is 0 Å². The zero-order valence-electron chi connectivity index (χ0n) is 9.11. The van der Waals surface area contributed by atoms with Gasteiger partial charge in [0.1, 0.15) is 17.2 Å². The number of rotatable bonds is 4. The molecule has 5 heteroatoms. The largest absolute Gasteiger partial charge is 0.480 e. The van der Waals surface area contributed by atoms with Gasteiger partial charge < -0.3 is 10.4 Å². The molecule has 0 unspecified atom stereocenters. The minimum atomic E-state index is -0.985. The number of aliphatic carboxylic acids is 1. The number of aryl methyl sites for hydroxylation is 1. The van der Waals surface area contributed by atoms with Gasteiger partial charge in [-0.3, -0.25) is 0 Å². The zero-order valence-corrected chi connectivity index (χ0v) is 9.11. The van der Waals surface area contributed by atoms with E-state index in [0.29, 0.717) is 18.1 Å². The second kappa shape index (κ2) is 4.25. The van der Waals surface area contributed by atoms with Crippen molar-refractivity contribution in [2.45, 2.75) is 32.7 Å². The molecule has 0 fully saturated rings. The Morgan fingerprint density at radius 1 is 1.67 bits per heavy atom. The lowest BCUT2D eigenvalue weighted by Crippen LogP contribution is -2.42. The van der Waals surface area contributed by atoms with Crippen LogP contribution < -0.4 is 5.32 Å². The molecule has 0 saturated heterocycles. The van der Waals surface area contributed by atoms with Crippen molar-refractivity contribution in [3.8, 4) is 0 Å². The predicted octanol–water partition coefficient (Wildman–Crippen LogP) is 1.45. The molecule has 1 heterocycles. The summed E-state index contributed by atoms with van der Waals surface area (Å²) in [6.45, 7) is 5.21. The van der Waals surface area contributed by atoms with Gasteiger partial charge >= 0.3 is 5.97 Å². The molecule has 1 atom stereocenters. The first-order valence-corrected chi connectivity index (χ1v) is 4.79. The minimum Gasteiger partial charge on any atom is -0.480 e. The highest BCUT2D eigenvalue weighted by molar-refractivity contribution is 5.81. The van der Waals surface area contributed by atoms with Gasteiger partial charge in [0, 0.05) is 6.20 Å².